The second kappa shape index (κ2) is 8.84. The minimum absolute atomic E-state index is 0. The Morgan fingerprint density at radius 3 is 0.875 bits per heavy atom. The summed E-state index contributed by atoms with van der Waals surface area (Å²) in [5.74, 6) is 0. The van der Waals surface area contributed by atoms with Crippen molar-refractivity contribution in [1.29, 1.82) is 0 Å². The fourth-order valence-corrected chi connectivity index (χ4v) is 0. The fraction of sp³-hybridized carbons (Fsp3) is 0. The molecule has 0 aliphatic heterocycles. The molecule has 0 aliphatic carbocycles. The van der Waals surface area contributed by atoms with Crippen molar-refractivity contribution in [3.8, 4) is 0 Å². The zero-order chi connectivity index (χ0) is 4.50. The van der Waals surface area contributed by atoms with E-state index in [4.69, 9.17) is 19.2 Å². The topological polar surface area (TPSA) is 80.9 Å². The molecule has 4 nitrogen and oxygen atoms in total. The molecule has 0 atom stereocenters. The van der Waals surface area contributed by atoms with Crippen LogP contribution in [0.5, 0.6) is 0 Å². The summed E-state index contributed by atoms with van der Waals surface area (Å²) in [7, 11) is -4.61. The first kappa shape index (κ1) is 22.5. The van der Waals surface area contributed by atoms with Gasteiger partial charge in [0.2, 0.25) is 0 Å². The molecule has 0 spiro atoms. The van der Waals surface area contributed by atoms with Crippen molar-refractivity contribution in [2.24, 2.45) is 0 Å². The van der Waals surface area contributed by atoms with Crippen LogP contribution in [0.2, 0.25) is 0 Å². The van der Waals surface area contributed by atoms with Gasteiger partial charge in [-0.3, -0.25) is 0 Å². The minimum atomic E-state index is -4.61. The van der Waals surface area contributed by atoms with Gasteiger partial charge >= 0.3 is 32.1 Å². The Balaban J connectivity index is -0.0000000267. The summed E-state index contributed by atoms with van der Waals surface area (Å²) in [6.45, 7) is 0. The van der Waals surface area contributed by atoms with Crippen molar-refractivity contribution >= 4 is 32.1 Å². The van der Waals surface area contributed by atoms with Crippen LogP contribution in [-0.2, 0) is 33.6 Å². The molecule has 4 N–H and O–H groups in total. The molecule has 0 bridgehead atoms. The number of rotatable bonds is 0. The average molecular weight is 237 g/mol. The third-order valence-corrected chi connectivity index (χ3v) is 0. The van der Waals surface area contributed by atoms with E-state index in [0.717, 1.165) is 0 Å². The maximum atomic E-state index is 7.33. The molecule has 0 heterocycles. The van der Waals surface area contributed by atoms with Crippen molar-refractivity contribution in [1.82, 2.24) is 0 Å². The Morgan fingerprint density at radius 2 is 0.875 bits per heavy atom. The zero-order valence-electron chi connectivity index (χ0n) is 2.96. The molecule has 0 saturated heterocycles. The van der Waals surface area contributed by atoms with Gasteiger partial charge in [0.25, 0.3) is 0 Å². The fourth-order valence-electron chi connectivity index (χ4n) is 0. The quantitative estimate of drug-likeness (QED) is 0.329. The van der Waals surface area contributed by atoms with Gasteiger partial charge in [0.15, 0.2) is 0 Å². The standard InChI is InChI=1S/Fe.Mg.Ni.H4O4Si.2H/c;;;1-5(2,3)4;;/h;;;1-4H;;. The van der Waals surface area contributed by atoms with E-state index < -0.39 is 9.05 Å². The van der Waals surface area contributed by atoms with Crippen LogP contribution in [-0.4, -0.2) is 51.3 Å². The summed E-state index contributed by atoms with van der Waals surface area (Å²) in [5.41, 5.74) is 0. The van der Waals surface area contributed by atoms with Gasteiger partial charge in [-0.15, -0.1) is 0 Å². The molecule has 0 aromatic rings. The monoisotopic (exact) mass is 236 g/mol. The molecule has 0 saturated carbocycles. The first-order valence-corrected chi connectivity index (χ1v) is 2.68. The van der Waals surface area contributed by atoms with Crippen LogP contribution in [0.1, 0.15) is 0 Å². The molecular formula is H6FeMgNiO4Si. The Hall–Kier alpha value is 1.84. The van der Waals surface area contributed by atoms with Gasteiger partial charge in [-0.2, -0.15) is 0 Å². The van der Waals surface area contributed by atoms with E-state index in [9.17, 15) is 0 Å². The average Bonchev–Trinajstić information content (AvgIpc) is 0.722. The molecule has 0 fully saturated rings. The predicted octanol–water partition coefficient (Wildman–Crippen LogP) is -3.53. The van der Waals surface area contributed by atoms with E-state index in [0.29, 0.717) is 0 Å². The third-order valence-electron chi connectivity index (χ3n) is 0. The van der Waals surface area contributed by atoms with Crippen molar-refractivity contribution in [2.45, 2.75) is 0 Å². The van der Waals surface area contributed by atoms with E-state index in [1.165, 1.54) is 0 Å². The van der Waals surface area contributed by atoms with Crippen LogP contribution in [0.25, 0.3) is 0 Å². The summed E-state index contributed by atoms with van der Waals surface area (Å²) < 4.78 is 0. The second-order valence-corrected chi connectivity index (χ2v) is 1.80. The summed E-state index contributed by atoms with van der Waals surface area (Å²) >= 11 is 0. The molecule has 0 aliphatic rings. The smallest absolute Gasteiger partial charge is 0.368 e. The molecule has 0 aromatic carbocycles. The zero-order valence-corrected chi connectivity index (χ0v) is 6.05. The van der Waals surface area contributed by atoms with E-state index >= 15 is 0 Å². The van der Waals surface area contributed by atoms with Gasteiger partial charge in [0.1, 0.15) is 0 Å². The Labute approximate surface area is 84.3 Å². The normalized spacial score (nSPS) is 7.50. The molecule has 0 unspecified atom stereocenters. The maximum Gasteiger partial charge on any atom is 0.668 e. The van der Waals surface area contributed by atoms with Crippen molar-refractivity contribution in [2.75, 3.05) is 0 Å². The number of hydrogen-bond acceptors (Lipinski definition) is 4. The number of hydrogen-bond donors (Lipinski definition) is 4. The molecule has 8 heteroatoms. The molecular weight excluding hydrogens is 231 g/mol. The molecule has 0 radical (unpaired) electrons. The summed E-state index contributed by atoms with van der Waals surface area (Å²) in [6.07, 6.45) is 0. The minimum Gasteiger partial charge on any atom is -0.368 e. The summed E-state index contributed by atoms with van der Waals surface area (Å²) in [6, 6.07) is 0. The van der Waals surface area contributed by atoms with Crippen LogP contribution in [0.4, 0.5) is 0 Å². The predicted molar refractivity (Wildman–Crippen MR) is 23.2 cm³/mol. The van der Waals surface area contributed by atoms with Crippen LogP contribution < -0.4 is 0 Å². The van der Waals surface area contributed by atoms with Crippen molar-refractivity contribution in [3.63, 3.8) is 0 Å². The first-order valence-electron chi connectivity index (χ1n) is 0.894. The van der Waals surface area contributed by atoms with E-state index in [2.05, 4.69) is 0 Å². The second-order valence-electron chi connectivity index (χ2n) is 0.600. The van der Waals surface area contributed by atoms with Crippen molar-refractivity contribution in [3.05, 3.63) is 0 Å². The molecule has 8 heavy (non-hydrogen) atoms. The Morgan fingerprint density at radius 1 is 0.875 bits per heavy atom. The molecule has 0 amide bonds. The summed E-state index contributed by atoms with van der Waals surface area (Å²) in [5, 5.41) is 0. The van der Waals surface area contributed by atoms with E-state index in [1.54, 1.807) is 0 Å². The van der Waals surface area contributed by atoms with Gasteiger partial charge in [-0.25, -0.2) is 0 Å². The first-order chi connectivity index (χ1) is 2.00. The Bertz CT molecular complexity index is 31.5. The van der Waals surface area contributed by atoms with Crippen LogP contribution in [0, 0.1) is 0 Å². The van der Waals surface area contributed by atoms with Gasteiger partial charge in [-0.05, 0) is 0 Å². The van der Waals surface area contributed by atoms with Gasteiger partial charge in [0, 0.05) is 33.6 Å². The van der Waals surface area contributed by atoms with Crippen LogP contribution in [0.15, 0.2) is 0 Å². The van der Waals surface area contributed by atoms with Gasteiger partial charge in [-0.1, -0.05) is 0 Å². The SMILES string of the molecule is O[Si](O)(O)O.[Fe].[MgH2].[Ni]. The van der Waals surface area contributed by atoms with E-state index in [1.807, 2.05) is 0 Å². The van der Waals surface area contributed by atoms with E-state index in [-0.39, 0.29) is 56.6 Å². The third kappa shape index (κ3) is 109. The van der Waals surface area contributed by atoms with Gasteiger partial charge in [0.05, 0.1) is 0 Å². The largest absolute Gasteiger partial charge is 0.668 e. The Kier molecular flexibility index (Phi) is 24.9. The van der Waals surface area contributed by atoms with Crippen LogP contribution in [0.3, 0.4) is 0 Å². The van der Waals surface area contributed by atoms with Crippen LogP contribution >= 0.6 is 0 Å². The van der Waals surface area contributed by atoms with Crippen molar-refractivity contribution < 1.29 is 52.7 Å². The summed E-state index contributed by atoms with van der Waals surface area (Å²) in [4.78, 5) is 29.3. The maximum absolute atomic E-state index is 7.33. The molecule has 0 rings (SSSR count). The molecule has 0 aromatic heterocycles. The van der Waals surface area contributed by atoms with Gasteiger partial charge < -0.3 is 19.2 Å². The molecule has 54 valence electrons.